The van der Waals surface area contributed by atoms with E-state index in [1.807, 2.05) is 66.7 Å². The maximum Gasteiger partial charge on any atom is 0.407 e. The summed E-state index contributed by atoms with van der Waals surface area (Å²) in [7, 11) is 0. The van der Waals surface area contributed by atoms with Crippen molar-refractivity contribution in [3.63, 3.8) is 0 Å². The number of aliphatic carboxylic acids is 1. The fraction of sp³-hybridized carbons (Fsp3) is 0.226. The molecule has 0 fully saturated rings. The molecule has 1 heterocycles. The number of amides is 2. The Morgan fingerprint density at radius 2 is 1.59 bits per heavy atom. The summed E-state index contributed by atoms with van der Waals surface area (Å²) in [5, 5.41) is 18.3. The van der Waals surface area contributed by atoms with Crippen molar-refractivity contribution in [2.75, 3.05) is 6.61 Å². The number of ether oxygens (including phenoxy) is 2. The lowest BCUT2D eigenvalue weighted by Gasteiger charge is -2.21. The zero-order valence-electron chi connectivity index (χ0n) is 22.3. The molecule has 2 unspecified atom stereocenters. The zero-order chi connectivity index (χ0) is 28.8. The van der Waals surface area contributed by atoms with Crippen LogP contribution in [-0.2, 0) is 27.4 Å². The van der Waals surface area contributed by atoms with Gasteiger partial charge in [0.05, 0.1) is 19.3 Å². The highest BCUT2D eigenvalue weighted by Crippen LogP contribution is 2.44. The number of carboxylic acid groups (broad SMARTS) is 1. The first-order valence-corrected chi connectivity index (χ1v) is 13.1. The number of benzene rings is 3. The van der Waals surface area contributed by atoms with Gasteiger partial charge in [-0.1, -0.05) is 84.0 Å². The quantitative estimate of drug-likeness (QED) is 0.246. The molecule has 1 aromatic heterocycles. The molecule has 0 radical (unpaired) electrons. The maximum atomic E-state index is 12.7. The van der Waals surface area contributed by atoms with Gasteiger partial charge in [-0.05, 0) is 34.7 Å². The molecule has 0 saturated heterocycles. The van der Waals surface area contributed by atoms with Gasteiger partial charge in [-0.15, -0.1) is 0 Å². The van der Waals surface area contributed by atoms with E-state index in [-0.39, 0.29) is 37.1 Å². The van der Waals surface area contributed by atoms with Crippen LogP contribution in [0.1, 0.15) is 45.8 Å². The van der Waals surface area contributed by atoms with Crippen LogP contribution in [-0.4, -0.2) is 47.0 Å². The molecule has 0 saturated carbocycles. The Bertz CT molecular complexity index is 1490. The molecule has 10 nitrogen and oxygen atoms in total. The van der Waals surface area contributed by atoms with Gasteiger partial charge in [0, 0.05) is 12.0 Å². The summed E-state index contributed by atoms with van der Waals surface area (Å²) in [6, 6.07) is 25.4. The van der Waals surface area contributed by atoms with E-state index >= 15 is 0 Å². The average molecular weight is 556 g/mol. The largest absolute Gasteiger partial charge is 0.480 e. The molecule has 2 amide bonds. The van der Waals surface area contributed by atoms with E-state index in [0.717, 1.165) is 27.8 Å². The topological polar surface area (TPSA) is 140 Å². The van der Waals surface area contributed by atoms with Gasteiger partial charge >= 0.3 is 12.1 Å². The summed E-state index contributed by atoms with van der Waals surface area (Å²) >= 11 is 0. The van der Waals surface area contributed by atoms with Gasteiger partial charge in [-0.3, -0.25) is 4.79 Å². The summed E-state index contributed by atoms with van der Waals surface area (Å²) in [6.45, 7) is 1.84. The summed E-state index contributed by atoms with van der Waals surface area (Å²) in [4.78, 5) is 36.9. The van der Waals surface area contributed by atoms with Crippen molar-refractivity contribution in [1.29, 1.82) is 0 Å². The van der Waals surface area contributed by atoms with Crippen molar-refractivity contribution in [2.45, 2.75) is 38.1 Å². The normalized spacial score (nSPS) is 13.5. The van der Waals surface area contributed by atoms with Crippen molar-refractivity contribution >= 4 is 18.0 Å². The van der Waals surface area contributed by atoms with Gasteiger partial charge in [0.1, 0.15) is 6.61 Å². The third-order valence-electron chi connectivity index (χ3n) is 6.92. The van der Waals surface area contributed by atoms with E-state index < -0.39 is 30.1 Å². The third-order valence-corrected chi connectivity index (χ3v) is 6.92. The number of nitrogens with one attached hydrogen (secondary N) is 2. The van der Waals surface area contributed by atoms with Gasteiger partial charge in [-0.2, -0.15) is 0 Å². The Hall–Kier alpha value is -4.96. The number of nitrogens with zero attached hydrogens (tertiary/aromatic N) is 1. The van der Waals surface area contributed by atoms with E-state index in [4.69, 9.17) is 14.0 Å². The molecular weight excluding hydrogens is 526 g/mol. The van der Waals surface area contributed by atoms with Crippen molar-refractivity contribution in [2.24, 2.45) is 0 Å². The lowest BCUT2D eigenvalue weighted by atomic mass is 9.98. The second kappa shape index (κ2) is 12.5. The van der Waals surface area contributed by atoms with Crippen LogP contribution in [0, 0.1) is 0 Å². The van der Waals surface area contributed by atoms with Crippen LogP contribution < -0.4 is 10.6 Å². The molecule has 2 atom stereocenters. The molecule has 10 heteroatoms. The zero-order valence-corrected chi connectivity index (χ0v) is 22.3. The second-order valence-corrected chi connectivity index (χ2v) is 9.65. The van der Waals surface area contributed by atoms with Crippen molar-refractivity contribution in [3.8, 4) is 11.1 Å². The Balaban J connectivity index is 1.11. The molecule has 0 aliphatic heterocycles. The number of aromatic nitrogens is 1. The predicted octanol–water partition coefficient (Wildman–Crippen LogP) is 4.50. The molecule has 0 spiro atoms. The van der Waals surface area contributed by atoms with Gasteiger partial charge in [0.15, 0.2) is 17.5 Å². The first-order valence-electron chi connectivity index (χ1n) is 13.1. The highest BCUT2D eigenvalue weighted by molar-refractivity contribution is 5.95. The second-order valence-electron chi connectivity index (χ2n) is 9.65. The van der Waals surface area contributed by atoms with Crippen LogP contribution in [0.2, 0.25) is 0 Å². The molecule has 0 bridgehead atoms. The first kappa shape index (κ1) is 27.6. The predicted molar refractivity (Wildman–Crippen MR) is 148 cm³/mol. The Labute approximate surface area is 236 Å². The number of hydrogen-bond donors (Lipinski definition) is 3. The lowest BCUT2D eigenvalue weighted by molar-refractivity contribution is -0.143. The molecular formula is C31H29N3O7. The highest BCUT2D eigenvalue weighted by Gasteiger charge is 2.30. The molecule has 210 valence electrons. The lowest BCUT2D eigenvalue weighted by Crippen LogP contribution is -2.48. The number of carbonyl (C=O) groups excluding carboxylic acids is 2. The first-order chi connectivity index (χ1) is 19.9. The fourth-order valence-electron chi connectivity index (χ4n) is 4.81. The monoisotopic (exact) mass is 555 g/mol. The average Bonchev–Trinajstić information content (AvgIpc) is 3.60. The van der Waals surface area contributed by atoms with Crippen molar-refractivity contribution in [1.82, 2.24) is 15.8 Å². The highest BCUT2D eigenvalue weighted by atomic mass is 16.5. The summed E-state index contributed by atoms with van der Waals surface area (Å²) in [6.07, 6.45) is -1.47. The molecule has 5 rings (SSSR count). The Morgan fingerprint density at radius 1 is 0.951 bits per heavy atom. The van der Waals surface area contributed by atoms with Crippen molar-refractivity contribution < 1.29 is 33.5 Å². The fourth-order valence-corrected chi connectivity index (χ4v) is 4.81. The Morgan fingerprint density at radius 3 is 2.24 bits per heavy atom. The number of fused-ring (bicyclic) bond motifs is 3. The van der Waals surface area contributed by atoms with Crippen molar-refractivity contribution in [3.05, 3.63) is 113 Å². The molecule has 4 aromatic rings. The van der Waals surface area contributed by atoms with Crippen LogP contribution >= 0.6 is 0 Å². The van der Waals surface area contributed by atoms with Gasteiger partial charge in [-0.25, -0.2) is 9.59 Å². The molecule has 3 aromatic carbocycles. The van der Waals surface area contributed by atoms with E-state index in [1.165, 1.54) is 6.07 Å². The molecule has 1 aliphatic carbocycles. The van der Waals surface area contributed by atoms with Crippen LogP contribution in [0.25, 0.3) is 11.1 Å². The van der Waals surface area contributed by atoms with Crippen LogP contribution in [0.15, 0.2) is 89.5 Å². The smallest absolute Gasteiger partial charge is 0.407 e. The summed E-state index contributed by atoms with van der Waals surface area (Å²) in [5.41, 5.74) is 5.22. The summed E-state index contributed by atoms with van der Waals surface area (Å²) in [5.74, 6) is -1.87. The number of carbonyl (C=O) groups is 3. The van der Waals surface area contributed by atoms with E-state index in [9.17, 15) is 19.5 Å². The van der Waals surface area contributed by atoms with Crippen LogP contribution in [0.3, 0.4) is 0 Å². The van der Waals surface area contributed by atoms with Gasteiger partial charge < -0.3 is 29.7 Å². The standard InChI is InChI=1S/C31H29N3O7/c1-19(39-17-20-9-3-2-4-10-20)28(30(36)37)33-29(35)27-15-21(41-34-27)16-32-31(38)40-18-26-24-13-7-5-11-22(24)23-12-6-8-14-25(23)26/h2-15,19,26,28H,16-18H2,1H3,(H,32,38)(H,33,35)(H,36,37). The minimum Gasteiger partial charge on any atom is -0.480 e. The number of alkyl carbamates (subject to hydrolysis) is 1. The van der Waals surface area contributed by atoms with Crippen LogP contribution in [0.4, 0.5) is 4.79 Å². The van der Waals surface area contributed by atoms with Gasteiger partial charge in [0.2, 0.25) is 0 Å². The maximum absolute atomic E-state index is 12.7. The number of rotatable bonds is 11. The molecule has 41 heavy (non-hydrogen) atoms. The third kappa shape index (κ3) is 6.44. The van der Waals surface area contributed by atoms with Crippen LogP contribution in [0.5, 0.6) is 0 Å². The Kier molecular flexibility index (Phi) is 8.40. The number of hydrogen-bond acceptors (Lipinski definition) is 7. The minimum atomic E-state index is -1.31. The van der Waals surface area contributed by atoms with Gasteiger partial charge in [0.25, 0.3) is 5.91 Å². The van der Waals surface area contributed by atoms with E-state index in [0.29, 0.717) is 0 Å². The molecule has 3 N–H and O–H groups in total. The molecule has 1 aliphatic rings. The minimum absolute atomic E-state index is 0.0735. The number of carboxylic acids is 1. The van der Waals surface area contributed by atoms with E-state index in [2.05, 4.69) is 27.9 Å². The SMILES string of the molecule is CC(OCc1ccccc1)C(NC(=O)c1cc(CNC(=O)OCC2c3ccccc3-c3ccccc32)on1)C(=O)O. The summed E-state index contributed by atoms with van der Waals surface area (Å²) < 4.78 is 16.3. The van der Waals surface area contributed by atoms with E-state index in [1.54, 1.807) is 6.92 Å².